The second-order valence-corrected chi connectivity index (χ2v) is 3.53. The third-order valence-electron chi connectivity index (χ3n) is 2.26. The molecule has 2 N–H and O–H groups in total. The highest BCUT2D eigenvalue weighted by atomic mass is 16.4. The third kappa shape index (κ3) is 2.48. The van der Waals surface area contributed by atoms with Crippen molar-refractivity contribution in [1.82, 2.24) is 5.32 Å². The monoisotopic (exact) mass is 219 g/mol. The van der Waals surface area contributed by atoms with Gasteiger partial charge in [-0.1, -0.05) is 24.3 Å². The van der Waals surface area contributed by atoms with Gasteiger partial charge in [0.1, 0.15) is 0 Å². The minimum absolute atomic E-state index is 0.414. The molecule has 1 atom stereocenters. The summed E-state index contributed by atoms with van der Waals surface area (Å²) in [4.78, 5) is 22.6. The largest absolute Gasteiger partial charge is 0.479 e. The van der Waals surface area contributed by atoms with Crippen LogP contribution < -0.4 is 5.32 Å². The maximum atomic E-state index is 11.7. The Hall–Kier alpha value is -2.10. The minimum atomic E-state index is -1.45. The lowest BCUT2D eigenvalue weighted by Crippen LogP contribution is -2.50. The number of hydrogen-bond acceptors (Lipinski definition) is 2. The molecule has 0 heterocycles. The molecule has 1 aromatic carbocycles. The van der Waals surface area contributed by atoms with Crippen LogP contribution in [-0.2, 0) is 4.79 Å². The van der Waals surface area contributed by atoms with Crippen LogP contribution >= 0.6 is 0 Å². The number of carbonyl (C=O) groups excluding carboxylic acids is 1. The summed E-state index contributed by atoms with van der Waals surface area (Å²) in [5.74, 6) is -1.59. The average molecular weight is 219 g/mol. The molecule has 16 heavy (non-hydrogen) atoms. The standard InChI is InChI=1S/C12H13NO3/c1-3-12(2,11(15)16)13-10(14)9-7-5-4-6-8-9/h3-8H,1H2,2H3,(H,13,14)(H,15,16). The molecule has 0 bridgehead atoms. The number of carboxylic acid groups (broad SMARTS) is 1. The third-order valence-corrected chi connectivity index (χ3v) is 2.26. The van der Waals surface area contributed by atoms with Crippen molar-refractivity contribution < 1.29 is 14.7 Å². The molecule has 0 fully saturated rings. The topological polar surface area (TPSA) is 66.4 Å². The van der Waals surface area contributed by atoms with Crippen molar-refractivity contribution in [3.63, 3.8) is 0 Å². The number of carboxylic acids is 1. The smallest absolute Gasteiger partial charge is 0.333 e. The molecule has 1 amide bonds. The van der Waals surface area contributed by atoms with Gasteiger partial charge < -0.3 is 10.4 Å². The van der Waals surface area contributed by atoms with Crippen molar-refractivity contribution in [3.8, 4) is 0 Å². The summed E-state index contributed by atoms with van der Waals surface area (Å²) in [6.45, 7) is 4.78. The van der Waals surface area contributed by atoms with E-state index in [-0.39, 0.29) is 0 Å². The fourth-order valence-electron chi connectivity index (χ4n) is 1.09. The van der Waals surface area contributed by atoms with E-state index in [2.05, 4.69) is 11.9 Å². The Morgan fingerprint density at radius 2 is 1.94 bits per heavy atom. The van der Waals surface area contributed by atoms with Crippen LogP contribution in [0.3, 0.4) is 0 Å². The summed E-state index contributed by atoms with van der Waals surface area (Å²) in [5, 5.41) is 11.3. The van der Waals surface area contributed by atoms with Crippen molar-refractivity contribution >= 4 is 11.9 Å². The lowest BCUT2D eigenvalue weighted by atomic mass is 10.0. The molecular weight excluding hydrogens is 206 g/mol. The summed E-state index contributed by atoms with van der Waals surface area (Å²) in [6.07, 6.45) is 1.19. The van der Waals surface area contributed by atoms with Gasteiger partial charge in [-0.05, 0) is 19.1 Å². The van der Waals surface area contributed by atoms with Crippen LogP contribution in [0.5, 0.6) is 0 Å². The fourth-order valence-corrected chi connectivity index (χ4v) is 1.09. The van der Waals surface area contributed by atoms with E-state index >= 15 is 0 Å². The van der Waals surface area contributed by atoms with Gasteiger partial charge in [0.2, 0.25) is 0 Å². The molecule has 0 radical (unpaired) electrons. The van der Waals surface area contributed by atoms with E-state index in [1.54, 1.807) is 30.3 Å². The van der Waals surface area contributed by atoms with Crippen molar-refractivity contribution in [2.45, 2.75) is 12.5 Å². The Labute approximate surface area is 93.6 Å². The SMILES string of the molecule is C=CC(C)(NC(=O)c1ccccc1)C(=O)O. The highest BCUT2D eigenvalue weighted by Gasteiger charge is 2.31. The zero-order chi connectivity index (χ0) is 12.2. The summed E-state index contributed by atoms with van der Waals surface area (Å²) in [7, 11) is 0. The Morgan fingerprint density at radius 1 is 1.38 bits per heavy atom. The first-order valence-corrected chi connectivity index (χ1v) is 4.74. The Balaban J connectivity index is 2.86. The normalized spacial score (nSPS) is 13.6. The summed E-state index contributed by atoms with van der Waals surface area (Å²) in [5.41, 5.74) is -1.04. The molecule has 4 nitrogen and oxygen atoms in total. The summed E-state index contributed by atoms with van der Waals surface area (Å²) >= 11 is 0. The van der Waals surface area contributed by atoms with Gasteiger partial charge in [0.05, 0.1) is 0 Å². The van der Waals surface area contributed by atoms with E-state index in [4.69, 9.17) is 5.11 Å². The van der Waals surface area contributed by atoms with Gasteiger partial charge in [-0.25, -0.2) is 4.79 Å². The predicted octanol–water partition coefficient (Wildman–Crippen LogP) is 1.45. The Kier molecular flexibility index (Phi) is 3.45. The number of amides is 1. The van der Waals surface area contributed by atoms with Crippen LogP contribution in [-0.4, -0.2) is 22.5 Å². The lowest BCUT2D eigenvalue weighted by molar-refractivity contribution is -0.141. The number of nitrogens with one attached hydrogen (secondary N) is 1. The van der Waals surface area contributed by atoms with Crippen LogP contribution in [0.25, 0.3) is 0 Å². The summed E-state index contributed by atoms with van der Waals surface area (Å²) < 4.78 is 0. The first-order valence-electron chi connectivity index (χ1n) is 4.74. The summed E-state index contributed by atoms with van der Waals surface area (Å²) in [6, 6.07) is 8.42. The number of aliphatic carboxylic acids is 1. The number of rotatable bonds is 4. The van der Waals surface area contributed by atoms with E-state index in [1.165, 1.54) is 13.0 Å². The Morgan fingerprint density at radius 3 is 2.38 bits per heavy atom. The van der Waals surface area contributed by atoms with Crippen molar-refractivity contribution in [1.29, 1.82) is 0 Å². The highest BCUT2D eigenvalue weighted by molar-refractivity contribution is 5.98. The molecule has 1 unspecified atom stereocenters. The lowest BCUT2D eigenvalue weighted by Gasteiger charge is -2.21. The number of hydrogen-bond donors (Lipinski definition) is 2. The first-order chi connectivity index (χ1) is 7.49. The van der Waals surface area contributed by atoms with Gasteiger partial charge in [-0.3, -0.25) is 4.79 Å². The number of carbonyl (C=O) groups is 2. The molecular formula is C12H13NO3. The van der Waals surface area contributed by atoms with E-state index in [0.717, 1.165) is 0 Å². The van der Waals surface area contributed by atoms with E-state index < -0.39 is 17.4 Å². The van der Waals surface area contributed by atoms with Crippen LogP contribution in [0.15, 0.2) is 43.0 Å². The number of benzene rings is 1. The quantitative estimate of drug-likeness (QED) is 0.753. The fraction of sp³-hybridized carbons (Fsp3) is 0.167. The predicted molar refractivity (Wildman–Crippen MR) is 60.1 cm³/mol. The molecule has 0 aliphatic rings. The maximum Gasteiger partial charge on any atom is 0.333 e. The van der Waals surface area contributed by atoms with Crippen molar-refractivity contribution in [2.75, 3.05) is 0 Å². The van der Waals surface area contributed by atoms with E-state index in [1.807, 2.05) is 0 Å². The van der Waals surface area contributed by atoms with Crippen LogP contribution in [0.4, 0.5) is 0 Å². The van der Waals surface area contributed by atoms with Crippen LogP contribution in [0.1, 0.15) is 17.3 Å². The van der Waals surface area contributed by atoms with Crippen molar-refractivity contribution in [3.05, 3.63) is 48.6 Å². The van der Waals surface area contributed by atoms with Crippen LogP contribution in [0.2, 0.25) is 0 Å². The molecule has 4 heteroatoms. The molecule has 1 rings (SSSR count). The van der Waals surface area contributed by atoms with Gasteiger partial charge in [-0.2, -0.15) is 0 Å². The second kappa shape index (κ2) is 4.61. The molecule has 1 aromatic rings. The van der Waals surface area contributed by atoms with Gasteiger partial charge in [0.15, 0.2) is 5.54 Å². The van der Waals surface area contributed by atoms with Gasteiger partial charge in [0.25, 0.3) is 5.91 Å². The average Bonchev–Trinajstić information content (AvgIpc) is 2.29. The molecule has 0 saturated heterocycles. The zero-order valence-corrected chi connectivity index (χ0v) is 8.93. The van der Waals surface area contributed by atoms with Crippen molar-refractivity contribution in [2.24, 2.45) is 0 Å². The van der Waals surface area contributed by atoms with E-state index in [9.17, 15) is 9.59 Å². The molecule has 0 saturated carbocycles. The van der Waals surface area contributed by atoms with E-state index in [0.29, 0.717) is 5.56 Å². The molecule has 0 aliphatic heterocycles. The second-order valence-electron chi connectivity index (χ2n) is 3.53. The van der Waals surface area contributed by atoms with Gasteiger partial charge in [0, 0.05) is 5.56 Å². The van der Waals surface area contributed by atoms with Crippen LogP contribution in [0, 0.1) is 0 Å². The molecule has 0 spiro atoms. The molecule has 0 aliphatic carbocycles. The first kappa shape index (κ1) is 12.0. The Bertz CT molecular complexity index is 414. The minimum Gasteiger partial charge on any atom is -0.479 e. The zero-order valence-electron chi connectivity index (χ0n) is 8.93. The highest BCUT2D eigenvalue weighted by Crippen LogP contribution is 2.07. The molecule has 0 aromatic heterocycles. The van der Waals surface area contributed by atoms with Gasteiger partial charge in [-0.15, -0.1) is 6.58 Å². The van der Waals surface area contributed by atoms with Gasteiger partial charge >= 0.3 is 5.97 Å². The maximum absolute atomic E-state index is 11.7. The molecule has 84 valence electrons.